The van der Waals surface area contributed by atoms with Crippen molar-refractivity contribution in [2.45, 2.75) is 33.7 Å². The molecule has 1 aromatic carbocycles. The van der Waals surface area contributed by atoms with E-state index in [0.717, 1.165) is 24.6 Å². The average molecular weight is 444 g/mol. The number of guanidine groups is 1. The van der Waals surface area contributed by atoms with Gasteiger partial charge in [-0.25, -0.2) is 0 Å². The molecule has 0 spiro atoms. The molecule has 1 heterocycles. The standard InChI is InChI=1S/C18H28N4O.HI/c1-5-20-16(23)15-8-6-14(7-9-15)12-21-17(19-4)22-11-10-18(2,3)13-22;/h6-9H,5,10-13H2,1-4H3,(H,19,21)(H,20,23);1H. The zero-order chi connectivity index (χ0) is 16.9. The number of aliphatic imine (C=N–C) groups is 1. The van der Waals surface area contributed by atoms with E-state index in [1.54, 1.807) is 0 Å². The van der Waals surface area contributed by atoms with Crippen LogP contribution in [0.25, 0.3) is 0 Å². The van der Waals surface area contributed by atoms with Gasteiger partial charge in [-0.05, 0) is 36.5 Å². The Morgan fingerprint density at radius 2 is 1.92 bits per heavy atom. The number of nitrogens with zero attached hydrogens (tertiary/aromatic N) is 2. The Morgan fingerprint density at radius 3 is 2.42 bits per heavy atom. The molecule has 5 nitrogen and oxygen atoms in total. The summed E-state index contributed by atoms with van der Waals surface area (Å²) in [6.07, 6.45) is 1.19. The minimum atomic E-state index is -0.0258. The van der Waals surface area contributed by atoms with E-state index in [1.807, 2.05) is 38.2 Å². The highest BCUT2D eigenvalue weighted by Gasteiger charge is 2.30. The minimum absolute atomic E-state index is 0. The quantitative estimate of drug-likeness (QED) is 0.427. The van der Waals surface area contributed by atoms with Crippen LogP contribution in [0.1, 0.15) is 43.1 Å². The molecule has 0 atom stereocenters. The highest BCUT2D eigenvalue weighted by atomic mass is 127. The van der Waals surface area contributed by atoms with Crippen molar-refractivity contribution in [3.05, 3.63) is 35.4 Å². The van der Waals surface area contributed by atoms with Gasteiger partial charge in [0.1, 0.15) is 0 Å². The Hall–Kier alpha value is -1.31. The molecule has 0 aromatic heterocycles. The van der Waals surface area contributed by atoms with Crippen molar-refractivity contribution in [3.63, 3.8) is 0 Å². The van der Waals surface area contributed by atoms with Gasteiger partial charge in [-0.15, -0.1) is 24.0 Å². The second-order valence-corrected chi connectivity index (χ2v) is 6.79. The summed E-state index contributed by atoms with van der Waals surface area (Å²) in [7, 11) is 1.83. The second kappa shape index (κ2) is 9.25. The van der Waals surface area contributed by atoms with Gasteiger partial charge < -0.3 is 15.5 Å². The van der Waals surface area contributed by atoms with Crippen LogP contribution in [0.4, 0.5) is 0 Å². The Kier molecular flexibility index (Phi) is 7.99. The van der Waals surface area contributed by atoms with Crippen LogP contribution in [-0.4, -0.2) is 43.4 Å². The van der Waals surface area contributed by atoms with Crippen LogP contribution in [0.5, 0.6) is 0 Å². The lowest BCUT2D eigenvalue weighted by atomic mass is 9.93. The number of hydrogen-bond donors (Lipinski definition) is 2. The Bertz CT molecular complexity index is 569. The highest BCUT2D eigenvalue weighted by Crippen LogP contribution is 2.28. The summed E-state index contributed by atoms with van der Waals surface area (Å²) in [6.45, 7) is 9.93. The Labute approximate surface area is 162 Å². The smallest absolute Gasteiger partial charge is 0.251 e. The summed E-state index contributed by atoms with van der Waals surface area (Å²) in [6, 6.07) is 7.70. The van der Waals surface area contributed by atoms with Gasteiger partial charge in [0, 0.05) is 38.8 Å². The van der Waals surface area contributed by atoms with Gasteiger partial charge in [0.05, 0.1) is 0 Å². The molecule has 1 saturated heterocycles. The highest BCUT2D eigenvalue weighted by molar-refractivity contribution is 14.0. The monoisotopic (exact) mass is 444 g/mol. The van der Waals surface area contributed by atoms with Gasteiger partial charge in [-0.3, -0.25) is 9.79 Å². The van der Waals surface area contributed by atoms with E-state index in [9.17, 15) is 4.79 Å². The number of halogens is 1. The summed E-state index contributed by atoms with van der Waals surface area (Å²) < 4.78 is 0. The molecule has 0 saturated carbocycles. The number of amides is 1. The first kappa shape index (κ1) is 20.7. The number of hydrogen-bond acceptors (Lipinski definition) is 2. The van der Waals surface area contributed by atoms with Crippen LogP contribution < -0.4 is 10.6 Å². The lowest BCUT2D eigenvalue weighted by Gasteiger charge is -2.23. The third kappa shape index (κ3) is 5.65. The molecule has 1 aromatic rings. The van der Waals surface area contributed by atoms with Gasteiger partial charge >= 0.3 is 0 Å². The predicted octanol–water partition coefficient (Wildman–Crippen LogP) is 2.86. The third-order valence-electron chi connectivity index (χ3n) is 4.19. The van der Waals surface area contributed by atoms with Gasteiger partial charge in [0.25, 0.3) is 5.91 Å². The van der Waals surface area contributed by atoms with Crippen LogP contribution in [-0.2, 0) is 6.54 Å². The van der Waals surface area contributed by atoms with E-state index < -0.39 is 0 Å². The van der Waals surface area contributed by atoms with Gasteiger partial charge in [-0.1, -0.05) is 26.0 Å². The molecule has 0 bridgehead atoms. The summed E-state index contributed by atoms with van der Waals surface area (Å²) >= 11 is 0. The Balaban J connectivity index is 0.00000288. The molecule has 0 aliphatic carbocycles. The van der Waals surface area contributed by atoms with Crippen molar-refractivity contribution in [1.82, 2.24) is 15.5 Å². The van der Waals surface area contributed by atoms with Gasteiger partial charge in [0.15, 0.2) is 5.96 Å². The summed E-state index contributed by atoms with van der Waals surface area (Å²) in [5, 5.41) is 6.22. The van der Waals surface area contributed by atoms with Crippen molar-refractivity contribution in [3.8, 4) is 0 Å². The van der Waals surface area contributed by atoms with E-state index in [4.69, 9.17) is 0 Å². The van der Waals surface area contributed by atoms with E-state index in [0.29, 0.717) is 24.1 Å². The molecule has 1 aliphatic heterocycles. The molecular weight excluding hydrogens is 415 g/mol. The summed E-state index contributed by atoms with van der Waals surface area (Å²) in [5.74, 6) is 0.922. The first-order valence-corrected chi connectivity index (χ1v) is 8.28. The molecule has 1 fully saturated rings. The van der Waals surface area contributed by atoms with Crippen LogP contribution in [0.2, 0.25) is 0 Å². The first-order chi connectivity index (χ1) is 10.9. The molecule has 134 valence electrons. The number of rotatable bonds is 4. The molecule has 0 unspecified atom stereocenters. The molecule has 2 N–H and O–H groups in total. The summed E-state index contributed by atoms with van der Waals surface area (Å²) in [4.78, 5) is 18.4. The molecule has 1 amide bonds. The number of carbonyl (C=O) groups is 1. The van der Waals surface area contributed by atoms with Crippen molar-refractivity contribution in [2.75, 3.05) is 26.7 Å². The predicted molar refractivity (Wildman–Crippen MR) is 110 cm³/mol. The maximum absolute atomic E-state index is 11.8. The van der Waals surface area contributed by atoms with Crippen LogP contribution in [0.15, 0.2) is 29.3 Å². The topological polar surface area (TPSA) is 56.7 Å². The fourth-order valence-corrected chi connectivity index (χ4v) is 2.84. The van der Waals surface area contributed by atoms with Crippen molar-refractivity contribution < 1.29 is 4.79 Å². The van der Waals surface area contributed by atoms with E-state index in [1.165, 1.54) is 6.42 Å². The molecule has 1 aliphatic rings. The number of benzene rings is 1. The van der Waals surface area contributed by atoms with Crippen LogP contribution in [0, 0.1) is 5.41 Å². The fourth-order valence-electron chi connectivity index (χ4n) is 2.84. The molecular formula is C18H29IN4O. The Morgan fingerprint density at radius 1 is 1.25 bits per heavy atom. The van der Waals surface area contributed by atoms with Gasteiger partial charge in [-0.2, -0.15) is 0 Å². The largest absolute Gasteiger partial charge is 0.352 e. The molecule has 2 rings (SSSR count). The van der Waals surface area contributed by atoms with E-state index in [2.05, 4.69) is 34.4 Å². The zero-order valence-corrected chi connectivity index (χ0v) is 17.4. The van der Waals surface area contributed by atoms with Crippen LogP contribution >= 0.6 is 24.0 Å². The first-order valence-electron chi connectivity index (χ1n) is 8.28. The van der Waals surface area contributed by atoms with E-state index in [-0.39, 0.29) is 29.9 Å². The number of likely N-dealkylation sites (tertiary alicyclic amines) is 1. The van der Waals surface area contributed by atoms with Crippen molar-refractivity contribution in [2.24, 2.45) is 10.4 Å². The molecule has 0 radical (unpaired) electrons. The normalized spacial score (nSPS) is 16.5. The van der Waals surface area contributed by atoms with Gasteiger partial charge in [0.2, 0.25) is 0 Å². The maximum Gasteiger partial charge on any atom is 0.251 e. The lowest BCUT2D eigenvalue weighted by Crippen LogP contribution is -2.40. The third-order valence-corrected chi connectivity index (χ3v) is 4.19. The summed E-state index contributed by atoms with van der Waals surface area (Å²) in [5.41, 5.74) is 2.19. The second-order valence-electron chi connectivity index (χ2n) is 6.79. The van der Waals surface area contributed by atoms with Crippen LogP contribution in [0.3, 0.4) is 0 Å². The lowest BCUT2D eigenvalue weighted by molar-refractivity contribution is 0.0956. The molecule has 24 heavy (non-hydrogen) atoms. The van der Waals surface area contributed by atoms with Crippen molar-refractivity contribution >= 4 is 35.8 Å². The SMILES string of the molecule is CCNC(=O)c1ccc(CNC(=NC)N2CCC(C)(C)C2)cc1.I. The van der Waals surface area contributed by atoms with Crippen molar-refractivity contribution in [1.29, 1.82) is 0 Å². The fraction of sp³-hybridized carbons (Fsp3) is 0.556. The number of carbonyl (C=O) groups excluding carboxylic acids is 1. The maximum atomic E-state index is 11.8. The zero-order valence-electron chi connectivity index (χ0n) is 15.1. The number of nitrogens with one attached hydrogen (secondary N) is 2. The average Bonchev–Trinajstić information content (AvgIpc) is 2.89. The minimum Gasteiger partial charge on any atom is -0.352 e. The van der Waals surface area contributed by atoms with E-state index >= 15 is 0 Å². The molecule has 6 heteroatoms.